The van der Waals surface area contributed by atoms with Crippen molar-refractivity contribution in [2.24, 2.45) is 0 Å². The molecule has 0 aliphatic heterocycles. The number of nitrogen functional groups attached to an aromatic ring is 1. The molecule has 4 N–H and O–H groups in total. The molecular weight excluding hydrogens is 430 g/mol. The molecule has 0 saturated heterocycles. The van der Waals surface area contributed by atoms with Gasteiger partial charge in [0.2, 0.25) is 5.95 Å². The Balaban J connectivity index is 2.00. The zero-order valence-corrected chi connectivity index (χ0v) is 21.1. The lowest BCUT2D eigenvalue weighted by molar-refractivity contribution is -0.142. The Hall–Kier alpha value is -2.71. The molecule has 0 spiro atoms. The van der Waals surface area contributed by atoms with Crippen molar-refractivity contribution in [3.05, 3.63) is 46.6 Å². The van der Waals surface area contributed by atoms with Gasteiger partial charge >= 0.3 is 5.97 Å². The summed E-state index contributed by atoms with van der Waals surface area (Å²) in [5.41, 5.74) is 9.75. The van der Waals surface area contributed by atoms with Crippen molar-refractivity contribution < 1.29 is 14.6 Å². The average molecular weight is 472 g/mol. The summed E-state index contributed by atoms with van der Waals surface area (Å²) in [5.74, 6) is 0.759. The van der Waals surface area contributed by atoms with Crippen molar-refractivity contribution >= 4 is 17.7 Å². The molecule has 0 radical (unpaired) electrons. The SMILES string of the molecule is CCCC(CCO)Nc1nc(N)nc(C)c1Cc1ccc(CC(=O)OCCCCN(C)C)cc1. The maximum atomic E-state index is 12.1. The number of hydrogen-bond acceptors (Lipinski definition) is 8. The highest BCUT2D eigenvalue weighted by Crippen LogP contribution is 2.23. The first-order valence-corrected chi connectivity index (χ1v) is 12.2. The largest absolute Gasteiger partial charge is 0.465 e. The van der Waals surface area contributed by atoms with Crippen LogP contribution in [0.25, 0.3) is 0 Å². The Morgan fingerprint density at radius 2 is 1.85 bits per heavy atom. The third-order valence-corrected chi connectivity index (χ3v) is 5.70. The highest BCUT2D eigenvalue weighted by Gasteiger charge is 2.16. The summed E-state index contributed by atoms with van der Waals surface area (Å²) < 4.78 is 5.36. The lowest BCUT2D eigenvalue weighted by atomic mass is 10.0. The van der Waals surface area contributed by atoms with E-state index in [0.29, 0.717) is 19.4 Å². The van der Waals surface area contributed by atoms with Crippen LogP contribution in [-0.4, -0.2) is 65.8 Å². The number of nitrogens with zero attached hydrogens (tertiary/aromatic N) is 3. The predicted octanol–water partition coefficient (Wildman–Crippen LogP) is 3.35. The minimum Gasteiger partial charge on any atom is -0.465 e. The maximum absolute atomic E-state index is 12.1. The van der Waals surface area contributed by atoms with Gasteiger partial charge in [-0.05, 0) is 64.4 Å². The van der Waals surface area contributed by atoms with Crippen molar-refractivity contribution in [1.29, 1.82) is 0 Å². The van der Waals surface area contributed by atoms with E-state index in [0.717, 1.165) is 60.4 Å². The molecule has 1 aromatic heterocycles. The Bertz CT molecular complexity index is 881. The molecule has 2 rings (SSSR count). The molecular formula is C26H41N5O3. The number of carbonyl (C=O) groups is 1. The molecule has 34 heavy (non-hydrogen) atoms. The van der Waals surface area contributed by atoms with E-state index in [1.54, 1.807) is 0 Å². The van der Waals surface area contributed by atoms with Crippen LogP contribution >= 0.6 is 0 Å². The fraction of sp³-hybridized carbons (Fsp3) is 0.577. The number of nitrogens with one attached hydrogen (secondary N) is 1. The molecule has 8 nitrogen and oxygen atoms in total. The van der Waals surface area contributed by atoms with Crippen LogP contribution in [0.15, 0.2) is 24.3 Å². The summed E-state index contributed by atoms with van der Waals surface area (Å²) in [6.45, 7) is 5.63. The van der Waals surface area contributed by atoms with Gasteiger partial charge in [-0.25, -0.2) is 4.98 Å². The zero-order chi connectivity index (χ0) is 24.9. The summed E-state index contributed by atoms with van der Waals surface area (Å²) in [6, 6.07) is 8.11. The molecule has 188 valence electrons. The number of aliphatic hydroxyl groups is 1. The Labute approximate surface area is 203 Å². The van der Waals surface area contributed by atoms with Crippen LogP contribution in [0.4, 0.5) is 11.8 Å². The highest BCUT2D eigenvalue weighted by molar-refractivity contribution is 5.72. The first-order valence-electron chi connectivity index (χ1n) is 12.2. The minimum atomic E-state index is -0.197. The van der Waals surface area contributed by atoms with Crippen LogP contribution < -0.4 is 11.1 Å². The average Bonchev–Trinajstić information content (AvgIpc) is 2.77. The third kappa shape index (κ3) is 9.65. The van der Waals surface area contributed by atoms with Gasteiger partial charge in [0.1, 0.15) is 5.82 Å². The van der Waals surface area contributed by atoms with Gasteiger partial charge < -0.3 is 25.8 Å². The second-order valence-electron chi connectivity index (χ2n) is 9.04. The number of ether oxygens (including phenoxy) is 1. The number of carbonyl (C=O) groups excluding carboxylic acids is 1. The third-order valence-electron chi connectivity index (χ3n) is 5.70. The second-order valence-corrected chi connectivity index (χ2v) is 9.04. The number of esters is 1. The molecule has 8 heteroatoms. The standard InChI is InChI=1S/C26H41N5O3/c1-5-8-22(13-15-32)29-25-23(19(2)28-26(27)30-25)17-20-9-11-21(12-10-20)18-24(33)34-16-7-6-14-31(3)4/h9-12,22,32H,5-8,13-18H2,1-4H3,(H3,27,28,29,30). The molecule has 1 aromatic carbocycles. The van der Waals surface area contributed by atoms with E-state index in [9.17, 15) is 9.90 Å². The minimum absolute atomic E-state index is 0.118. The smallest absolute Gasteiger partial charge is 0.310 e. The predicted molar refractivity (Wildman–Crippen MR) is 137 cm³/mol. The van der Waals surface area contributed by atoms with E-state index in [-0.39, 0.29) is 31.0 Å². The van der Waals surface area contributed by atoms with Gasteiger partial charge in [-0.2, -0.15) is 4.98 Å². The summed E-state index contributed by atoms with van der Waals surface area (Å²) in [4.78, 5) is 23.1. The number of anilines is 2. The molecule has 0 bridgehead atoms. The quantitative estimate of drug-likeness (QED) is 0.268. The summed E-state index contributed by atoms with van der Waals surface area (Å²) in [7, 11) is 4.07. The van der Waals surface area contributed by atoms with Crippen molar-refractivity contribution in [2.45, 2.75) is 64.8 Å². The molecule has 1 unspecified atom stereocenters. The topological polar surface area (TPSA) is 114 Å². The summed E-state index contributed by atoms with van der Waals surface area (Å²) in [5, 5.41) is 12.9. The molecule has 0 saturated carbocycles. The van der Waals surface area contributed by atoms with E-state index >= 15 is 0 Å². The van der Waals surface area contributed by atoms with Crippen LogP contribution in [0.2, 0.25) is 0 Å². The summed E-state index contributed by atoms with van der Waals surface area (Å²) in [6.07, 6.45) is 5.39. The van der Waals surface area contributed by atoms with E-state index in [1.807, 2.05) is 45.3 Å². The normalized spacial score (nSPS) is 12.1. The maximum Gasteiger partial charge on any atom is 0.310 e. The Kier molecular flexibility index (Phi) is 11.8. The second kappa shape index (κ2) is 14.5. The van der Waals surface area contributed by atoms with Crippen molar-refractivity contribution in [1.82, 2.24) is 14.9 Å². The fourth-order valence-electron chi connectivity index (χ4n) is 3.85. The molecule has 0 amide bonds. The van der Waals surface area contributed by atoms with E-state index in [4.69, 9.17) is 10.5 Å². The van der Waals surface area contributed by atoms with Gasteiger partial charge in [-0.3, -0.25) is 4.79 Å². The zero-order valence-electron chi connectivity index (χ0n) is 21.1. The lowest BCUT2D eigenvalue weighted by Crippen LogP contribution is -2.23. The first kappa shape index (κ1) is 27.5. The fourth-order valence-corrected chi connectivity index (χ4v) is 3.85. The number of benzene rings is 1. The van der Waals surface area contributed by atoms with Crippen LogP contribution in [0.5, 0.6) is 0 Å². The molecule has 2 aromatic rings. The number of nitrogens with two attached hydrogens (primary N) is 1. The monoisotopic (exact) mass is 471 g/mol. The van der Waals surface area contributed by atoms with E-state index in [2.05, 4.69) is 27.1 Å². The van der Waals surface area contributed by atoms with Gasteiger partial charge in [-0.15, -0.1) is 0 Å². The first-order chi connectivity index (χ1) is 16.3. The molecule has 0 fully saturated rings. The van der Waals surface area contributed by atoms with Crippen molar-refractivity contribution in [2.75, 3.05) is 44.9 Å². The van der Waals surface area contributed by atoms with Crippen molar-refractivity contribution in [3.63, 3.8) is 0 Å². The van der Waals surface area contributed by atoms with E-state index in [1.165, 1.54) is 0 Å². The number of hydrogen-bond donors (Lipinski definition) is 3. The number of aliphatic hydroxyl groups excluding tert-OH is 1. The number of aryl methyl sites for hydroxylation is 1. The lowest BCUT2D eigenvalue weighted by Gasteiger charge is -2.21. The highest BCUT2D eigenvalue weighted by atomic mass is 16.5. The van der Waals surface area contributed by atoms with Gasteiger partial charge in [0.25, 0.3) is 0 Å². The molecule has 0 aliphatic rings. The van der Waals surface area contributed by atoms with Crippen LogP contribution in [-0.2, 0) is 22.4 Å². The summed E-state index contributed by atoms with van der Waals surface area (Å²) >= 11 is 0. The van der Waals surface area contributed by atoms with Gasteiger partial charge in [0, 0.05) is 30.3 Å². The van der Waals surface area contributed by atoms with Crippen molar-refractivity contribution in [3.8, 4) is 0 Å². The Morgan fingerprint density at radius 3 is 2.50 bits per heavy atom. The van der Waals surface area contributed by atoms with Gasteiger partial charge in [0.15, 0.2) is 0 Å². The van der Waals surface area contributed by atoms with Gasteiger partial charge in [-0.1, -0.05) is 37.6 Å². The number of aromatic nitrogens is 2. The van der Waals surface area contributed by atoms with E-state index < -0.39 is 0 Å². The van der Waals surface area contributed by atoms with Crippen LogP contribution in [0.3, 0.4) is 0 Å². The van der Waals surface area contributed by atoms with Crippen LogP contribution in [0.1, 0.15) is 61.4 Å². The Morgan fingerprint density at radius 1 is 1.15 bits per heavy atom. The van der Waals surface area contributed by atoms with Gasteiger partial charge in [0.05, 0.1) is 13.0 Å². The number of unbranched alkanes of at least 4 members (excludes halogenated alkanes) is 1. The molecule has 1 atom stereocenters. The van der Waals surface area contributed by atoms with Crippen LogP contribution in [0, 0.1) is 6.92 Å². The molecule has 1 heterocycles. The number of rotatable bonds is 15. The molecule has 0 aliphatic carbocycles.